The van der Waals surface area contributed by atoms with Gasteiger partial charge in [0.15, 0.2) is 0 Å². The fraction of sp³-hybridized carbons (Fsp3) is 0.346. The lowest BCUT2D eigenvalue weighted by Gasteiger charge is -2.35. The lowest BCUT2D eigenvalue weighted by Crippen LogP contribution is -2.51. The number of benzene rings is 2. The molecule has 0 aliphatic carbocycles. The third kappa shape index (κ3) is 5.67. The highest BCUT2D eigenvalue weighted by Gasteiger charge is 2.28. The summed E-state index contributed by atoms with van der Waals surface area (Å²) in [6, 6.07) is 14.8. The summed E-state index contributed by atoms with van der Waals surface area (Å²) in [6.45, 7) is 2.77. The molecule has 1 N–H and O–H groups in total. The number of carbonyl (C=O) groups is 2. The van der Waals surface area contributed by atoms with Gasteiger partial charge in [0.25, 0.3) is 15.9 Å². The van der Waals surface area contributed by atoms with Crippen LogP contribution >= 0.6 is 0 Å². The number of hydrogen-bond acceptors (Lipinski definition) is 7. The van der Waals surface area contributed by atoms with Gasteiger partial charge in [-0.3, -0.25) is 14.5 Å². The average molecular weight is 525 g/mol. The van der Waals surface area contributed by atoms with Gasteiger partial charge >= 0.3 is 6.09 Å². The summed E-state index contributed by atoms with van der Waals surface area (Å²) in [5.74, 6) is -0.176. The number of sulfonamides is 1. The van der Waals surface area contributed by atoms with E-state index in [2.05, 4.69) is 9.71 Å². The Morgan fingerprint density at radius 3 is 2.32 bits per heavy atom. The molecule has 3 aromatic rings. The van der Waals surface area contributed by atoms with Crippen molar-refractivity contribution in [3.63, 3.8) is 0 Å². The molecule has 1 aromatic heterocycles. The van der Waals surface area contributed by atoms with Crippen LogP contribution in [0.2, 0.25) is 0 Å². The number of ether oxygens (including phenoxy) is 2. The van der Waals surface area contributed by atoms with Crippen LogP contribution in [-0.2, 0) is 19.5 Å². The summed E-state index contributed by atoms with van der Waals surface area (Å²) in [5, 5.41) is 0.725. The number of nitrogens with zero attached hydrogens (tertiary/aromatic N) is 3. The molecule has 11 heteroatoms. The Morgan fingerprint density at radius 1 is 0.919 bits per heavy atom. The summed E-state index contributed by atoms with van der Waals surface area (Å²) in [7, 11) is -3.88. The van der Waals surface area contributed by atoms with E-state index in [0.29, 0.717) is 69.0 Å². The smallest absolute Gasteiger partial charge is 0.410 e. The molecule has 0 spiro atoms. The van der Waals surface area contributed by atoms with Gasteiger partial charge in [-0.2, -0.15) is 0 Å². The molecule has 2 aliphatic heterocycles. The van der Waals surface area contributed by atoms with E-state index in [1.54, 1.807) is 64.5 Å². The fourth-order valence-corrected chi connectivity index (χ4v) is 5.71. The van der Waals surface area contributed by atoms with E-state index < -0.39 is 10.0 Å². The molecule has 2 saturated heterocycles. The molecule has 3 heterocycles. The number of fused-ring (bicyclic) bond motifs is 1. The number of aromatic nitrogens is 1. The van der Waals surface area contributed by atoms with Crippen LogP contribution in [0.15, 0.2) is 65.7 Å². The van der Waals surface area contributed by atoms with Crippen LogP contribution < -0.4 is 4.72 Å². The number of piperazine rings is 1. The normalized spacial score (nSPS) is 17.0. The first-order valence-corrected chi connectivity index (χ1v) is 13.7. The zero-order valence-electron chi connectivity index (χ0n) is 20.2. The maximum absolute atomic E-state index is 13.0. The Morgan fingerprint density at radius 2 is 1.59 bits per heavy atom. The van der Waals surface area contributed by atoms with Crippen LogP contribution in [0.1, 0.15) is 23.2 Å². The topological polar surface area (TPSA) is 118 Å². The van der Waals surface area contributed by atoms with E-state index in [1.165, 1.54) is 6.07 Å². The van der Waals surface area contributed by atoms with Crippen molar-refractivity contribution in [2.45, 2.75) is 23.8 Å². The Hall–Kier alpha value is -3.70. The molecule has 10 nitrogen and oxygen atoms in total. The fourth-order valence-electron chi connectivity index (χ4n) is 4.47. The van der Waals surface area contributed by atoms with E-state index in [9.17, 15) is 18.0 Å². The zero-order valence-corrected chi connectivity index (χ0v) is 21.0. The van der Waals surface area contributed by atoms with Crippen molar-refractivity contribution in [3.05, 3.63) is 66.4 Å². The van der Waals surface area contributed by atoms with Gasteiger partial charge in [-0.1, -0.05) is 18.2 Å². The van der Waals surface area contributed by atoms with E-state index >= 15 is 0 Å². The molecule has 0 bridgehead atoms. The molecule has 0 saturated carbocycles. The van der Waals surface area contributed by atoms with Gasteiger partial charge < -0.3 is 19.3 Å². The van der Waals surface area contributed by atoms with Crippen LogP contribution in [-0.4, -0.2) is 80.7 Å². The third-order valence-electron chi connectivity index (χ3n) is 6.53. The predicted octanol–water partition coefficient (Wildman–Crippen LogP) is 3.11. The molecule has 194 valence electrons. The van der Waals surface area contributed by atoms with Crippen molar-refractivity contribution >= 4 is 38.6 Å². The van der Waals surface area contributed by atoms with Crippen molar-refractivity contribution in [1.29, 1.82) is 0 Å². The summed E-state index contributed by atoms with van der Waals surface area (Å²) in [4.78, 5) is 33.0. The number of para-hydroxylation sites is 1. The minimum Gasteiger partial charge on any atom is -0.446 e. The van der Waals surface area contributed by atoms with Gasteiger partial charge in [0.2, 0.25) is 0 Å². The first-order valence-electron chi connectivity index (χ1n) is 12.2. The average Bonchev–Trinajstić information content (AvgIpc) is 2.93. The highest BCUT2D eigenvalue weighted by molar-refractivity contribution is 7.93. The molecular weight excluding hydrogens is 496 g/mol. The highest BCUT2D eigenvalue weighted by atomic mass is 32.2. The lowest BCUT2D eigenvalue weighted by molar-refractivity contribution is -0.0141. The molecule has 0 radical (unpaired) electrons. The molecule has 0 atom stereocenters. The van der Waals surface area contributed by atoms with Gasteiger partial charge in [0.1, 0.15) is 11.0 Å². The van der Waals surface area contributed by atoms with Gasteiger partial charge in [-0.15, -0.1) is 0 Å². The van der Waals surface area contributed by atoms with Crippen LogP contribution in [0.3, 0.4) is 0 Å². The second kappa shape index (κ2) is 10.7. The predicted molar refractivity (Wildman–Crippen MR) is 137 cm³/mol. The first-order chi connectivity index (χ1) is 17.9. The van der Waals surface area contributed by atoms with Gasteiger partial charge in [-0.05, 0) is 36.4 Å². The number of carbonyl (C=O) groups excluding carboxylic acids is 2. The Balaban J connectivity index is 1.18. The van der Waals surface area contributed by atoms with E-state index in [-0.39, 0.29) is 23.0 Å². The number of anilines is 1. The first kappa shape index (κ1) is 25.0. The minimum absolute atomic E-state index is 0.0824. The van der Waals surface area contributed by atoms with Gasteiger partial charge in [-0.25, -0.2) is 13.2 Å². The maximum atomic E-state index is 13.0. The zero-order chi connectivity index (χ0) is 25.8. The van der Waals surface area contributed by atoms with E-state index in [1.807, 2.05) is 0 Å². The highest BCUT2D eigenvalue weighted by Crippen LogP contribution is 2.24. The molecule has 2 amide bonds. The largest absolute Gasteiger partial charge is 0.446 e. The van der Waals surface area contributed by atoms with Crippen LogP contribution in [0.5, 0.6) is 0 Å². The number of rotatable bonds is 5. The van der Waals surface area contributed by atoms with Crippen LogP contribution in [0, 0.1) is 0 Å². The Labute approximate surface area is 215 Å². The van der Waals surface area contributed by atoms with Gasteiger partial charge in [0.05, 0.1) is 18.7 Å². The van der Waals surface area contributed by atoms with Crippen molar-refractivity contribution in [2.75, 3.05) is 44.1 Å². The second-order valence-corrected chi connectivity index (χ2v) is 10.6. The lowest BCUT2D eigenvalue weighted by atomic mass is 10.1. The summed E-state index contributed by atoms with van der Waals surface area (Å²) < 4.78 is 39.5. The van der Waals surface area contributed by atoms with Crippen molar-refractivity contribution in [2.24, 2.45) is 0 Å². The Bertz CT molecular complexity index is 1380. The molecule has 37 heavy (non-hydrogen) atoms. The maximum Gasteiger partial charge on any atom is 0.410 e. The third-order valence-corrected chi connectivity index (χ3v) is 7.94. The molecule has 0 unspecified atom stereocenters. The van der Waals surface area contributed by atoms with E-state index in [4.69, 9.17) is 9.47 Å². The van der Waals surface area contributed by atoms with Crippen LogP contribution in [0.4, 0.5) is 10.5 Å². The molecule has 2 aromatic carbocycles. The number of amides is 2. The Kier molecular flexibility index (Phi) is 7.24. The van der Waals surface area contributed by atoms with Crippen LogP contribution in [0.25, 0.3) is 10.9 Å². The molecule has 2 aliphatic rings. The molecule has 5 rings (SSSR count). The monoisotopic (exact) mass is 524 g/mol. The van der Waals surface area contributed by atoms with E-state index in [0.717, 1.165) is 5.39 Å². The standard InChI is InChI=1S/C26H28N4O6S/c31-25(29-13-15-30(16-14-29)26(32)36-22-10-17-35-18-11-22)20-6-8-21(9-7-20)28-37(33,34)23-5-1-3-19-4-2-12-27-24(19)23/h1-9,12,22,28H,10-11,13-18H2. The minimum atomic E-state index is -3.88. The quantitative estimate of drug-likeness (QED) is 0.545. The number of hydrogen-bond donors (Lipinski definition) is 1. The SMILES string of the molecule is O=C(OC1CCOCC1)N1CCN(C(=O)c2ccc(NS(=O)(=O)c3cccc4cccnc34)cc2)CC1. The van der Waals surface area contributed by atoms with Crippen molar-refractivity contribution in [1.82, 2.24) is 14.8 Å². The van der Waals surface area contributed by atoms with Gasteiger partial charge in [0, 0.05) is 61.9 Å². The van der Waals surface area contributed by atoms with Crippen molar-refractivity contribution < 1.29 is 27.5 Å². The summed E-state index contributed by atoms with van der Waals surface area (Å²) in [6.07, 6.45) is 2.49. The molecular formula is C26H28N4O6S. The second-order valence-electron chi connectivity index (χ2n) is 8.99. The number of pyridine rings is 1. The molecule has 2 fully saturated rings. The number of nitrogens with one attached hydrogen (secondary N) is 1. The summed E-state index contributed by atoms with van der Waals surface area (Å²) >= 11 is 0. The van der Waals surface area contributed by atoms with Crippen molar-refractivity contribution in [3.8, 4) is 0 Å². The summed E-state index contributed by atoms with van der Waals surface area (Å²) in [5.41, 5.74) is 1.17.